The maximum Gasteiger partial charge on any atom is 0.188 e. The van der Waals surface area contributed by atoms with Crippen LogP contribution < -0.4 is 4.74 Å². The van der Waals surface area contributed by atoms with Gasteiger partial charge in [-0.25, -0.2) is 0 Å². The summed E-state index contributed by atoms with van der Waals surface area (Å²) in [7, 11) is 0. The maximum atomic E-state index is 12.9. The zero-order chi connectivity index (χ0) is 15.0. The summed E-state index contributed by atoms with van der Waals surface area (Å²) in [6.07, 6.45) is 0. The molecule has 0 radical (unpaired) electrons. The summed E-state index contributed by atoms with van der Waals surface area (Å²) in [6.45, 7) is 2.34. The van der Waals surface area contributed by atoms with Crippen LogP contribution in [0.15, 0.2) is 48.5 Å². The second-order valence-electron chi connectivity index (χ2n) is 5.25. The lowest BCUT2D eigenvalue weighted by Gasteiger charge is -2.35. The Balaban J connectivity index is 1.98. The predicted octanol–water partition coefficient (Wildman–Crippen LogP) is 4.84. The van der Waals surface area contributed by atoms with Crippen LogP contribution in [-0.4, -0.2) is 16.7 Å². The number of carbonyl (C=O) groups excluding carboxylic acids is 1. The van der Waals surface area contributed by atoms with Gasteiger partial charge < -0.3 is 4.74 Å². The van der Waals surface area contributed by atoms with E-state index in [0.717, 1.165) is 5.56 Å². The second-order valence-corrected chi connectivity index (χ2v) is 7.58. The summed E-state index contributed by atoms with van der Waals surface area (Å²) >= 11 is 7.30. The molecule has 1 aliphatic heterocycles. The summed E-state index contributed by atoms with van der Waals surface area (Å²) in [5.74, 6) is 0.702. The minimum absolute atomic E-state index is 0.0480. The van der Waals surface area contributed by atoms with E-state index >= 15 is 0 Å². The molecule has 0 saturated carbocycles. The average molecular weight is 410 g/mol. The van der Waals surface area contributed by atoms with E-state index in [4.69, 9.17) is 4.74 Å². The molecule has 2 aromatic rings. The fraction of sp³-hybridized carbons (Fsp3) is 0.235. The molecule has 0 saturated heterocycles. The quantitative estimate of drug-likeness (QED) is 0.663. The molecule has 2 nitrogen and oxygen atoms in total. The summed E-state index contributed by atoms with van der Waals surface area (Å²) in [5, 5.41) is 0. The van der Waals surface area contributed by atoms with Crippen molar-refractivity contribution in [3.05, 3.63) is 65.2 Å². The van der Waals surface area contributed by atoms with Crippen molar-refractivity contribution in [3.63, 3.8) is 0 Å². The number of alkyl halides is 2. The highest BCUT2D eigenvalue weighted by molar-refractivity contribution is 9.12. The second kappa shape index (κ2) is 5.58. The van der Waals surface area contributed by atoms with Gasteiger partial charge in [0.2, 0.25) is 0 Å². The van der Waals surface area contributed by atoms with Crippen LogP contribution in [0.25, 0.3) is 0 Å². The van der Waals surface area contributed by atoms with E-state index < -0.39 is 4.32 Å². The van der Waals surface area contributed by atoms with Crippen LogP contribution in [0, 0.1) is 6.92 Å². The molecule has 1 heterocycles. The molecule has 21 heavy (non-hydrogen) atoms. The molecule has 0 N–H and O–H groups in total. The molecule has 3 rings (SSSR count). The number of ether oxygens (including phenoxy) is 1. The van der Waals surface area contributed by atoms with Gasteiger partial charge >= 0.3 is 0 Å². The highest BCUT2D eigenvalue weighted by Gasteiger charge is 2.47. The number of ketones is 1. The monoisotopic (exact) mass is 408 g/mol. The maximum absolute atomic E-state index is 12.9. The van der Waals surface area contributed by atoms with Gasteiger partial charge in [-0.1, -0.05) is 73.8 Å². The largest absolute Gasteiger partial charge is 0.491 e. The van der Waals surface area contributed by atoms with Gasteiger partial charge in [-0.15, -0.1) is 0 Å². The Morgan fingerprint density at radius 2 is 1.81 bits per heavy atom. The summed E-state index contributed by atoms with van der Waals surface area (Å²) in [4.78, 5) is 12.7. The minimum atomic E-state index is -0.795. The van der Waals surface area contributed by atoms with Crippen molar-refractivity contribution < 1.29 is 9.53 Å². The van der Waals surface area contributed by atoms with E-state index in [1.54, 1.807) is 0 Å². The van der Waals surface area contributed by atoms with Crippen LogP contribution in [-0.2, 0) is 0 Å². The summed E-state index contributed by atoms with van der Waals surface area (Å²) < 4.78 is 4.98. The number of benzene rings is 2. The van der Waals surface area contributed by atoms with Gasteiger partial charge in [0.25, 0.3) is 0 Å². The van der Waals surface area contributed by atoms with Crippen LogP contribution in [0.1, 0.15) is 26.3 Å². The minimum Gasteiger partial charge on any atom is -0.491 e. The smallest absolute Gasteiger partial charge is 0.188 e. The third-order valence-corrected chi connectivity index (χ3v) is 6.69. The van der Waals surface area contributed by atoms with E-state index in [1.807, 2.05) is 55.5 Å². The molecule has 108 valence electrons. The molecular weight excluding hydrogens is 396 g/mol. The summed E-state index contributed by atoms with van der Waals surface area (Å²) in [5.41, 5.74) is 2.87. The number of rotatable bonds is 2. The molecule has 2 aromatic carbocycles. The van der Waals surface area contributed by atoms with Crippen LogP contribution >= 0.6 is 31.9 Å². The van der Waals surface area contributed by atoms with Gasteiger partial charge in [0.05, 0.1) is 10.4 Å². The van der Waals surface area contributed by atoms with Gasteiger partial charge in [0.15, 0.2) is 5.78 Å². The van der Waals surface area contributed by atoms with Crippen LogP contribution in [0.3, 0.4) is 0 Å². The van der Waals surface area contributed by atoms with Crippen molar-refractivity contribution in [1.82, 2.24) is 0 Å². The number of hydrogen-bond donors (Lipinski definition) is 0. The number of halogens is 2. The van der Waals surface area contributed by atoms with E-state index in [-0.39, 0.29) is 10.6 Å². The normalized spacial score (nSPS) is 22.3. The zero-order valence-electron chi connectivity index (χ0n) is 11.5. The number of carbonyl (C=O) groups is 1. The van der Waals surface area contributed by atoms with Crippen molar-refractivity contribution in [1.29, 1.82) is 0 Å². The van der Waals surface area contributed by atoms with Crippen molar-refractivity contribution in [2.24, 2.45) is 0 Å². The molecule has 0 amide bonds. The topological polar surface area (TPSA) is 26.3 Å². The van der Waals surface area contributed by atoms with Crippen LogP contribution in [0.2, 0.25) is 0 Å². The Kier molecular flexibility index (Phi) is 3.93. The lowest BCUT2D eigenvalue weighted by atomic mass is 9.89. The Labute approximate surface area is 140 Å². The van der Waals surface area contributed by atoms with Crippen molar-refractivity contribution in [2.45, 2.75) is 16.1 Å². The van der Waals surface area contributed by atoms with E-state index in [1.165, 1.54) is 5.56 Å². The fourth-order valence-electron chi connectivity index (χ4n) is 2.44. The number of aryl methyl sites for hydroxylation is 1. The first-order valence-electron chi connectivity index (χ1n) is 6.68. The Morgan fingerprint density at radius 1 is 1.14 bits per heavy atom. The first-order chi connectivity index (χ1) is 10.0. The standard InChI is InChI=1S/C17H14Br2O2/c1-11-6-8-12(9-7-11)15(18)17(19)10-21-14-5-3-2-4-13(14)16(17)20/h2-9,15H,10H2,1H3/t15-,17+/m0/s1. The molecule has 1 aliphatic rings. The number of fused-ring (bicyclic) bond motifs is 1. The van der Waals surface area contributed by atoms with Crippen molar-refractivity contribution in [3.8, 4) is 5.75 Å². The average Bonchev–Trinajstić information content (AvgIpc) is 2.51. The lowest BCUT2D eigenvalue weighted by molar-refractivity contribution is 0.0873. The Bertz CT molecular complexity index is 681. The third-order valence-electron chi connectivity index (χ3n) is 3.72. The van der Waals surface area contributed by atoms with Crippen LogP contribution in [0.4, 0.5) is 0 Å². The van der Waals surface area contributed by atoms with Gasteiger partial charge in [-0.3, -0.25) is 4.79 Å². The fourth-order valence-corrected chi connectivity index (χ4v) is 3.68. The zero-order valence-corrected chi connectivity index (χ0v) is 14.6. The molecule has 0 unspecified atom stereocenters. The highest BCUT2D eigenvalue weighted by atomic mass is 79.9. The number of para-hydroxylation sites is 1. The number of hydrogen-bond acceptors (Lipinski definition) is 2. The number of Topliss-reactive ketones (excluding diaryl/α,β-unsaturated/α-hetero) is 1. The van der Waals surface area contributed by atoms with Gasteiger partial charge in [-0.2, -0.15) is 0 Å². The first kappa shape index (κ1) is 14.8. The first-order valence-corrected chi connectivity index (χ1v) is 8.39. The highest BCUT2D eigenvalue weighted by Crippen LogP contribution is 2.46. The molecule has 0 aliphatic carbocycles. The van der Waals surface area contributed by atoms with Gasteiger partial charge in [0, 0.05) is 0 Å². The van der Waals surface area contributed by atoms with Crippen molar-refractivity contribution >= 4 is 37.6 Å². The molecule has 0 aromatic heterocycles. The molecule has 0 fully saturated rings. The molecule has 0 spiro atoms. The van der Waals surface area contributed by atoms with Gasteiger partial charge in [0.1, 0.15) is 16.7 Å². The van der Waals surface area contributed by atoms with Crippen LogP contribution in [0.5, 0.6) is 5.75 Å². The predicted molar refractivity (Wildman–Crippen MR) is 90.8 cm³/mol. The SMILES string of the molecule is Cc1ccc([C@H](Br)[C@]2(Br)COc3ccccc3C2=O)cc1. The molecule has 4 heteroatoms. The van der Waals surface area contributed by atoms with Crippen molar-refractivity contribution in [2.75, 3.05) is 6.61 Å². The van der Waals surface area contributed by atoms with E-state index in [9.17, 15) is 4.79 Å². The third kappa shape index (κ3) is 2.55. The van der Waals surface area contributed by atoms with E-state index in [0.29, 0.717) is 17.9 Å². The molecule has 0 bridgehead atoms. The van der Waals surface area contributed by atoms with Gasteiger partial charge in [-0.05, 0) is 24.6 Å². The molecular formula is C17H14Br2O2. The lowest BCUT2D eigenvalue weighted by Crippen LogP contribution is -2.45. The Hall–Kier alpha value is -1.13. The molecule has 2 atom stereocenters. The Morgan fingerprint density at radius 3 is 2.52 bits per heavy atom. The summed E-state index contributed by atoms with van der Waals surface area (Å²) in [6, 6.07) is 15.5. The van der Waals surface area contributed by atoms with E-state index in [2.05, 4.69) is 31.9 Å².